The molecule has 0 unspecified atom stereocenters. The summed E-state index contributed by atoms with van der Waals surface area (Å²) in [6.45, 7) is 1.26. The zero-order valence-electron chi connectivity index (χ0n) is 20.4. The molecule has 0 aliphatic carbocycles. The van der Waals surface area contributed by atoms with E-state index in [4.69, 9.17) is 0 Å². The molecule has 0 saturated carbocycles. The molecule has 2 N–H and O–H groups in total. The first-order valence-electron chi connectivity index (χ1n) is 11.5. The highest BCUT2D eigenvalue weighted by Crippen LogP contribution is 2.37. The average molecular weight is 505 g/mol. The van der Waals surface area contributed by atoms with Crippen LogP contribution in [0.15, 0.2) is 78.9 Å². The van der Waals surface area contributed by atoms with E-state index in [0.717, 1.165) is 21.1 Å². The number of nitrogens with one attached hydrogen (secondary N) is 2. The molecular weight excluding hydrogens is 476 g/mol. The third-order valence-electron chi connectivity index (χ3n) is 5.89. The SMILES string of the molecule is CCS(=O)(=O)N(CC(=O)N(C)C)c1ccc(N/C(=C2\C(=O)Nc3ccccc32)c2ccccc2)cc1. The lowest BCUT2D eigenvalue weighted by molar-refractivity contribution is -0.127. The van der Waals surface area contributed by atoms with Gasteiger partial charge in [0.25, 0.3) is 5.91 Å². The summed E-state index contributed by atoms with van der Waals surface area (Å²) in [5.74, 6) is -0.662. The van der Waals surface area contributed by atoms with Crippen molar-refractivity contribution in [3.05, 3.63) is 90.0 Å². The van der Waals surface area contributed by atoms with Crippen LogP contribution in [0.1, 0.15) is 18.1 Å². The molecule has 4 rings (SSSR count). The summed E-state index contributed by atoms with van der Waals surface area (Å²) < 4.78 is 26.6. The normalized spacial score (nSPS) is 14.0. The molecule has 0 atom stereocenters. The Kier molecular flexibility index (Phi) is 7.12. The molecule has 0 aromatic heterocycles. The number of nitrogens with zero attached hydrogens (tertiary/aromatic N) is 2. The number of hydrogen-bond donors (Lipinski definition) is 2. The molecule has 0 spiro atoms. The topological polar surface area (TPSA) is 98.8 Å². The van der Waals surface area contributed by atoms with Gasteiger partial charge in [0, 0.05) is 31.0 Å². The fourth-order valence-corrected chi connectivity index (χ4v) is 4.94. The van der Waals surface area contributed by atoms with Gasteiger partial charge in [-0.25, -0.2) is 8.42 Å². The molecule has 1 heterocycles. The summed E-state index contributed by atoms with van der Waals surface area (Å²) in [5, 5.41) is 6.27. The molecule has 186 valence electrons. The van der Waals surface area contributed by atoms with Gasteiger partial charge in [0.1, 0.15) is 6.54 Å². The van der Waals surface area contributed by atoms with E-state index in [1.807, 2.05) is 54.6 Å². The second-order valence-corrected chi connectivity index (χ2v) is 10.7. The minimum absolute atomic E-state index is 0.132. The summed E-state index contributed by atoms with van der Waals surface area (Å²) in [4.78, 5) is 26.6. The summed E-state index contributed by atoms with van der Waals surface area (Å²) in [6, 6.07) is 23.8. The van der Waals surface area contributed by atoms with Crippen LogP contribution in [-0.2, 0) is 19.6 Å². The van der Waals surface area contributed by atoms with Crippen molar-refractivity contribution >= 4 is 50.2 Å². The summed E-state index contributed by atoms with van der Waals surface area (Å²) in [6.07, 6.45) is 0. The predicted molar refractivity (Wildman–Crippen MR) is 144 cm³/mol. The lowest BCUT2D eigenvalue weighted by Crippen LogP contribution is -2.41. The second-order valence-electron chi connectivity index (χ2n) is 8.48. The van der Waals surface area contributed by atoms with Crippen LogP contribution in [0, 0.1) is 0 Å². The van der Waals surface area contributed by atoms with Crippen molar-refractivity contribution < 1.29 is 18.0 Å². The van der Waals surface area contributed by atoms with Crippen molar-refractivity contribution in [1.82, 2.24) is 4.90 Å². The van der Waals surface area contributed by atoms with Crippen molar-refractivity contribution in [3.63, 3.8) is 0 Å². The molecule has 9 heteroatoms. The minimum atomic E-state index is -3.67. The Hall–Kier alpha value is -4.11. The van der Waals surface area contributed by atoms with E-state index < -0.39 is 10.0 Å². The van der Waals surface area contributed by atoms with E-state index in [1.54, 1.807) is 45.3 Å². The van der Waals surface area contributed by atoms with Gasteiger partial charge in [0.05, 0.1) is 22.7 Å². The smallest absolute Gasteiger partial charge is 0.258 e. The van der Waals surface area contributed by atoms with Crippen LogP contribution in [0.4, 0.5) is 17.1 Å². The lowest BCUT2D eigenvalue weighted by Gasteiger charge is -2.25. The molecule has 1 aliphatic rings. The third-order valence-corrected chi connectivity index (χ3v) is 7.63. The maximum Gasteiger partial charge on any atom is 0.258 e. The number of amides is 2. The van der Waals surface area contributed by atoms with Crippen molar-refractivity contribution in [3.8, 4) is 0 Å². The number of likely N-dealkylation sites (N-methyl/N-ethyl adjacent to an activating group) is 1. The number of carbonyl (C=O) groups is 2. The Morgan fingerprint density at radius 1 is 0.917 bits per heavy atom. The highest BCUT2D eigenvalue weighted by molar-refractivity contribution is 7.92. The van der Waals surface area contributed by atoms with Gasteiger partial charge in [-0.1, -0.05) is 48.5 Å². The fraction of sp³-hybridized carbons (Fsp3) is 0.185. The number of sulfonamides is 1. The number of anilines is 3. The number of hydrogen-bond acceptors (Lipinski definition) is 5. The van der Waals surface area contributed by atoms with Crippen LogP contribution in [0.5, 0.6) is 0 Å². The summed E-state index contributed by atoms with van der Waals surface area (Å²) in [7, 11) is -0.501. The molecule has 36 heavy (non-hydrogen) atoms. The molecule has 1 aliphatic heterocycles. The van der Waals surface area contributed by atoms with Crippen LogP contribution in [0.25, 0.3) is 11.3 Å². The largest absolute Gasteiger partial charge is 0.354 e. The van der Waals surface area contributed by atoms with Gasteiger partial charge < -0.3 is 15.5 Å². The Labute approximate surface area is 211 Å². The van der Waals surface area contributed by atoms with E-state index in [0.29, 0.717) is 22.6 Å². The molecule has 0 saturated heterocycles. The number of benzene rings is 3. The van der Waals surface area contributed by atoms with Gasteiger partial charge in [0.15, 0.2) is 0 Å². The van der Waals surface area contributed by atoms with Crippen molar-refractivity contribution in [2.24, 2.45) is 0 Å². The van der Waals surface area contributed by atoms with Gasteiger partial charge in [-0.3, -0.25) is 13.9 Å². The Balaban J connectivity index is 1.72. The summed E-state index contributed by atoms with van der Waals surface area (Å²) >= 11 is 0. The minimum Gasteiger partial charge on any atom is -0.354 e. The molecule has 0 radical (unpaired) electrons. The van der Waals surface area contributed by atoms with Crippen molar-refractivity contribution in [2.75, 3.05) is 41.3 Å². The van der Waals surface area contributed by atoms with Crippen LogP contribution in [-0.4, -0.2) is 51.5 Å². The Morgan fingerprint density at radius 3 is 2.19 bits per heavy atom. The van der Waals surface area contributed by atoms with E-state index in [-0.39, 0.29) is 24.1 Å². The maximum atomic E-state index is 13.0. The number of fused-ring (bicyclic) bond motifs is 1. The average Bonchev–Trinajstić information content (AvgIpc) is 3.22. The fourth-order valence-electron chi connectivity index (χ4n) is 3.87. The molecule has 2 amide bonds. The van der Waals surface area contributed by atoms with Gasteiger partial charge in [-0.15, -0.1) is 0 Å². The van der Waals surface area contributed by atoms with Crippen LogP contribution >= 0.6 is 0 Å². The highest BCUT2D eigenvalue weighted by Gasteiger charge is 2.28. The number of carbonyl (C=O) groups excluding carboxylic acids is 2. The quantitative estimate of drug-likeness (QED) is 0.454. The third kappa shape index (κ3) is 5.11. The first-order chi connectivity index (χ1) is 17.2. The second kappa shape index (κ2) is 10.2. The first kappa shape index (κ1) is 25.0. The maximum absolute atomic E-state index is 13.0. The predicted octanol–water partition coefficient (Wildman–Crippen LogP) is 3.86. The molecule has 3 aromatic carbocycles. The molecule has 0 bridgehead atoms. The first-order valence-corrected chi connectivity index (χ1v) is 13.1. The zero-order chi connectivity index (χ0) is 25.9. The Bertz CT molecular complexity index is 1420. The van der Waals surface area contributed by atoms with E-state index in [9.17, 15) is 18.0 Å². The van der Waals surface area contributed by atoms with Gasteiger partial charge in [0.2, 0.25) is 15.9 Å². The zero-order valence-corrected chi connectivity index (χ0v) is 21.2. The van der Waals surface area contributed by atoms with E-state index >= 15 is 0 Å². The van der Waals surface area contributed by atoms with Crippen molar-refractivity contribution in [1.29, 1.82) is 0 Å². The number of rotatable bonds is 8. The highest BCUT2D eigenvalue weighted by atomic mass is 32.2. The molecule has 8 nitrogen and oxygen atoms in total. The number of para-hydroxylation sites is 1. The van der Waals surface area contributed by atoms with Gasteiger partial charge in [-0.2, -0.15) is 0 Å². The van der Waals surface area contributed by atoms with Gasteiger partial charge in [-0.05, 0) is 42.8 Å². The molecular formula is C27H28N4O4S. The van der Waals surface area contributed by atoms with Crippen LogP contribution < -0.4 is 14.9 Å². The molecule has 3 aromatic rings. The van der Waals surface area contributed by atoms with Gasteiger partial charge >= 0.3 is 0 Å². The standard InChI is InChI=1S/C27H28N4O4S/c1-4-36(34,35)31(18-24(32)30(2)3)21-16-14-20(15-17-21)28-26(19-10-6-5-7-11-19)25-22-12-8-9-13-23(22)29-27(25)33/h5-17,28H,4,18H2,1-3H3,(H,29,33)/b26-25-. The molecule has 0 fully saturated rings. The van der Waals surface area contributed by atoms with Crippen LogP contribution in [0.3, 0.4) is 0 Å². The Morgan fingerprint density at radius 2 is 1.56 bits per heavy atom. The van der Waals surface area contributed by atoms with Crippen LogP contribution in [0.2, 0.25) is 0 Å². The van der Waals surface area contributed by atoms with E-state index in [1.165, 1.54) is 4.90 Å². The monoisotopic (exact) mass is 504 g/mol. The summed E-state index contributed by atoms with van der Waals surface area (Å²) in [5.41, 5.74) is 4.57. The van der Waals surface area contributed by atoms with Crippen molar-refractivity contribution in [2.45, 2.75) is 6.92 Å². The lowest BCUT2D eigenvalue weighted by atomic mass is 10.00. The van der Waals surface area contributed by atoms with E-state index in [2.05, 4.69) is 10.6 Å².